The third-order valence-corrected chi connectivity index (χ3v) is 4.28. The molecule has 2 rings (SSSR count). The molecule has 5 nitrogen and oxygen atoms in total. The monoisotopic (exact) mass is 326 g/mol. The Hall–Kier alpha value is -1.46. The summed E-state index contributed by atoms with van der Waals surface area (Å²) in [5.41, 5.74) is 0.573. The van der Waals surface area contributed by atoms with Crippen molar-refractivity contribution in [1.82, 2.24) is 5.32 Å². The molecule has 1 amide bonds. The number of hydrogen-bond donors (Lipinski definition) is 2. The van der Waals surface area contributed by atoms with Gasteiger partial charge in [-0.15, -0.1) is 0 Å². The van der Waals surface area contributed by atoms with Gasteiger partial charge >= 0.3 is 0 Å². The lowest BCUT2D eigenvalue weighted by Gasteiger charge is -2.22. The number of amides is 1. The lowest BCUT2D eigenvalue weighted by molar-refractivity contribution is -0.116. The zero-order valence-corrected chi connectivity index (χ0v) is 13.8. The van der Waals surface area contributed by atoms with Crippen molar-refractivity contribution in [3.63, 3.8) is 0 Å². The first-order valence-corrected chi connectivity index (χ1v) is 7.94. The normalized spacial score (nSPS) is 15.4. The van der Waals surface area contributed by atoms with Gasteiger partial charge in [0.2, 0.25) is 5.91 Å². The highest BCUT2D eigenvalue weighted by molar-refractivity contribution is 6.32. The van der Waals surface area contributed by atoms with Crippen LogP contribution in [-0.4, -0.2) is 33.2 Å². The molecule has 1 aromatic rings. The van der Waals surface area contributed by atoms with E-state index in [1.165, 1.54) is 7.11 Å². The molecule has 22 heavy (non-hydrogen) atoms. The number of methoxy groups -OCH3 is 2. The van der Waals surface area contributed by atoms with Gasteiger partial charge < -0.3 is 20.1 Å². The summed E-state index contributed by atoms with van der Waals surface area (Å²) < 4.78 is 10.4. The fraction of sp³-hybridized carbons (Fsp3) is 0.562. The van der Waals surface area contributed by atoms with Crippen molar-refractivity contribution >= 4 is 23.2 Å². The Morgan fingerprint density at radius 2 is 1.95 bits per heavy atom. The molecule has 0 aromatic heterocycles. The summed E-state index contributed by atoms with van der Waals surface area (Å²) in [5, 5.41) is 6.65. The van der Waals surface area contributed by atoms with Crippen molar-refractivity contribution in [3.05, 3.63) is 17.2 Å². The van der Waals surface area contributed by atoms with Crippen LogP contribution in [0.4, 0.5) is 5.69 Å². The summed E-state index contributed by atoms with van der Waals surface area (Å²) in [6, 6.07) is 3.33. The van der Waals surface area contributed by atoms with Gasteiger partial charge in [0.05, 0.1) is 24.9 Å². The predicted octanol–water partition coefficient (Wildman–Crippen LogP) is 3.08. The predicted molar refractivity (Wildman–Crippen MR) is 88.0 cm³/mol. The van der Waals surface area contributed by atoms with Crippen molar-refractivity contribution < 1.29 is 14.3 Å². The van der Waals surface area contributed by atoms with Gasteiger partial charge in [0, 0.05) is 12.5 Å². The van der Waals surface area contributed by atoms with Crippen molar-refractivity contribution in [1.29, 1.82) is 0 Å². The Labute approximate surface area is 136 Å². The zero-order chi connectivity index (χ0) is 15.9. The fourth-order valence-corrected chi connectivity index (χ4v) is 2.92. The Bertz CT molecular complexity index is 516. The number of piperidine rings is 1. The van der Waals surface area contributed by atoms with Gasteiger partial charge in [0.15, 0.2) is 0 Å². The van der Waals surface area contributed by atoms with Crippen LogP contribution in [0.3, 0.4) is 0 Å². The average molecular weight is 327 g/mol. The van der Waals surface area contributed by atoms with Crippen LogP contribution in [0.5, 0.6) is 11.5 Å². The summed E-state index contributed by atoms with van der Waals surface area (Å²) >= 11 is 6.10. The van der Waals surface area contributed by atoms with E-state index in [-0.39, 0.29) is 5.91 Å². The lowest BCUT2D eigenvalue weighted by Crippen LogP contribution is -2.28. The number of carbonyl (C=O) groups is 1. The largest absolute Gasteiger partial charge is 0.495 e. The summed E-state index contributed by atoms with van der Waals surface area (Å²) in [4.78, 5) is 12.1. The van der Waals surface area contributed by atoms with Crippen LogP contribution >= 0.6 is 11.6 Å². The molecule has 2 N–H and O–H groups in total. The Morgan fingerprint density at radius 1 is 1.27 bits per heavy atom. The summed E-state index contributed by atoms with van der Waals surface area (Å²) in [6.45, 7) is 2.10. The highest BCUT2D eigenvalue weighted by atomic mass is 35.5. The second kappa shape index (κ2) is 8.25. The minimum atomic E-state index is -0.0157. The molecule has 0 spiro atoms. The minimum Gasteiger partial charge on any atom is -0.495 e. The molecule has 1 heterocycles. The quantitative estimate of drug-likeness (QED) is 0.843. The number of halogens is 1. The molecule has 0 aliphatic carbocycles. The van der Waals surface area contributed by atoms with Gasteiger partial charge in [-0.3, -0.25) is 4.79 Å². The summed E-state index contributed by atoms with van der Waals surface area (Å²) in [5.74, 6) is 1.68. The number of benzene rings is 1. The number of hydrogen-bond acceptors (Lipinski definition) is 4. The number of ether oxygens (including phenoxy) is 2. The topological polar surface area (TPSA) is 59.6 Å². The Balaban J connectivity index is 1.94. The molecule has 0 unspecified atom stereocenters. The van der Waals surface area contributed by atoms with Gasteiger partial charge in [-0.1, -0.05) is 11.6 Å². The molecule has 1 fully saturated rings. The third-order valence-electron chi connectivity index (χ3n) is 3.99. The van der Waals surface area contributed by atoms with Gasteiger partial charge in [-0.05, 0) is 44.3 Å². The van der Waals surface area contributed by atoms with E-state index in [1.807, 2.05) is 0 Å². The van der Waals surface area contributed by atoms with Crippen LogP contribution in [0.1, 0.15) is 25.7 Å². The van der Waals surface area contributed by atoms with Crippen LogP contribution in [0, 0.1) is 5.92 Å². The van der Waals surface area contributed by atoms with Crippen LogP contribution in [0.25, 0.3) is 0 Å². The van der Waals surface area contributed by atoms with Crippen molar-refractivity contribution in [2.45, 2.75) is 25.7 Å². The maximum Gasteiger partial charge on any atom is 0.224 e. The molecular formula is C16H23ClN2O3. The van der Waals surface area contributed by atoms with E-state index in [0.717, 1.165) is 32.4 Å². The van der Waals surface area contributed by atoms with Crippen molar-refractivity contribution in [2.24, 2.45) is 5.92 Å². The van der Waals surface area contributed by atoms with E-state index in [9.17, 15) is 4.79 Å². The van der Waals surface area contributed by atoms with Gasteiger partial charge in [0.1, 0.15) is 11.5 Å². The number of nitrogens with one attached hydrogen (secondary N) is 2. The second-order valence-corrected chi connectivity index (χ2v) is 5.87. The maximum absolute atomic E-state index is 12.1. The van der Waals surface area contributed by atoms with Crippen LogP contribution in [0.2, 0.25) is 5.02 Å². The van der Waals surface area contributed by atoms with Gasteiger partial charge in [-0.25, -0.2) is 0 Å². The average Bonchev–Trinajstić information content (AvgIpc) is 2.54. The van der Waals surface area contributed by atoms with Gasteiger partial charge in [0.25, 0.3) is 0 Å². The molecule has 0 bridgehead atoms. The van der Waals surface area contributed by atoms with Crippen molar-refractivity contribution in [2.75, 3.05) is 32.6 Å². The summed E-state index contributed by atoms with van der Waals surface area (Å²) in [6.07, 6.45) is 3.72. The second-order valence-electron chi connectivity index (χ2n) is 5.47. The molecule has 0 atom stereocenters. The Kier molecular flexibility index (Phi) is 6.34. The Morgan fingerprint density at radius 3 is 2.59 bits per heavy atom. The SMILES string of the molecule is COc1cc(OC)c(NC(=O)CCC2CCNCC2)cc1Cl. The van der Waals surface area contributed by atoms with E-state index in [0.29, 0.717) is 34.5 Å². The molecule has 1 aromatic carbocycles. The standard InChI is InChI=1S/C16H23ClN2O3/c1-21-14-10-15(22-2)13(9-12(14)17)19-16(20)4-3-11-5-7-18-8-6-11/h9-11,18H,3-8H2,1-2H3,(H,19,20). The lowest BCUT2D eigenvalue weighted by atomic mass is 9.93. The minimum absolute atomic E-state index is 0.0157. The molecule has 122 valence electrons. The van der Waals surface area contributed by atoms with E-state index in [4.69, 9.17) is 21.1 Å². The van der Waals surface area contributed by atoms with Gasteiger partial charge in [-0.2, -0.15) is 0 Å². The first-order chi connectivity index (χ1) is 10.6. The first kappa shape index (κ1) is 16.9. The molecule has 0 saturated carbocycles. The van der Waals surface area contributed by atoms with Crippen molar-refractivity contribution in [3.8, 4) is 11.5 Å². The fourth-order valence-electron chi connectivity index (χ4n) is 2.68. The van der Waals surface area contributed by atoms with E-state index in [1.54, 1.807) is 19.2 Å². The van der Waals surface area contributed by atoms with E-state index in [2.05, 4.69) is 10.6 Å². The third kappa shape index (κ3) is 4.52. The highest BCUT2D eigenvalue weighted by Crippen LogP contribution is 2.36. The molecule has 1 aliphatic heterocycles. The molecule has 0 radical (unpaired) electrons. The molecular weight excluding hydrogens is 304 g/mol. The van der Waals surface area contributed by atoms with Crippen LogP contribution in [0.15, 0.2) is 12.1 Å². The van der Waals surface area contributed by atoms with Crippen LogP contribution in [-0.2, 0) is 4.79 Å². The summed E-state index contributed by atoms with van der Waals surface area (Å²) in [7, 11) is 3.09. The highest BCUT2D eigenvalue weighted by Gasteiger charge is 2.16. The van der Waals surface area contributed by atoms with E-state index < -0.39 is 0 Å². The molecule has 6 heteroatoms. The zero-order valence-electron chi connectivity index (χ0n) is 13.1. The number of carbonyl (C=O) groups excluding carboxylic acids is 1. The van der Waals surface area contributed by atoms with Crippen LogP contribution < -0.4 is 20.1 Å². The first-order valence-electron chi connectivity index (χ1n) is 7.56. The van der Waals surface area contributed by atoms with E-state index >= 15 is 0 Å². The number of anilines is 1. The molecule has 1 aliphatic rings. The molecule has 1 saturated heterocycles. The number of rotatable bonds is 6. The smallest absolute Gasteiger partial charge is 0.224 e. The maximum atomic E-state index is 12.1.